The maximum atomic E-state index is 9.34. The monoisotopic (exact) mass is 238 g/mol. The van der Waals surface area contributed by atoms with Crippen LogP contribution in [0.3, 0.4) is 0 Å². The van der Waals surface area contributed by atoms with Gasteiger partial charge in [0.2, 0.25) is 0 Å². The van der Waals surface area contributed by atoms with E-state index in [9.17, 15) is 5.11 Å². The van der Waals surface area contributed by atoms with Gasteiger partial charge in [-0.25, -0.2) is 0 Å². The predicted octanol–water partition coefficient (Wildman–Crippen LogP) is 2.27. The normalized spacial score (nSPS) is 12.4. The molecule has 0 saturated carbocycles. The summed E-state index contributed by atoms with van der Waals surface area (Å²) in [5.74, 6) is 1.17. The summed E-state index contributed by atoms with van der Waals surface area (Å²) >= 11 is 0. The van der Waals surface area contributed by atoms with Crippen molar-refractivity contribution in [3.63, 3.8) is 0 Å². The molecule has 17 heavy (non-hydrogen) atoms. The van der Waals surface area contributed by atoms with E-state index in [-0.39, 0.29) is 6.61 Å². The molecule has 1 aromatic carbocycles. The van der Waals surface area contributed by atoms with Crippen molar-refractivity contribution in [2.45, 2.75) is 19.3 Å². The van der Waals surface area contributed by atoms with Crippen molar-refractivity contribution in [1.82, 2.24) is 0 Å². The van der Waals surface area contributed by atoms with Crippen LogP contribution >= 0.6 is 0 Å². The number of methoxy groups -OCH3 is 2. The van der Waals surface area contributed by atoms with Gasteiger partial charge in [-0.3, -0.25) is 0 Å². The number of aliphatic hydroxyl groups excluding tert-OH is 1. The molecule has 0 radical (unpaired) electrons. The second-order valence-electron chi connectivity index (χ2n) is 4.24. The molecule has 1 atom stereocenters. The van der Waals surface area contributed by atoms with Gasteiger partial charge in [0.1, 0.15) is 5.75 Å². The molecule has 0 aliphatic rings. The van der Waals surface area contributed by atoms with Crippen molar-refractivity contribution in [1.29, 1.82) is 0 Å². The molecule has 1 N–H and O–H groups in total. The highest BCUT2D eigenvalue weighted by molar-refractivity contribution is 5.28. The molecule has 0 bridgehead atoms. The fourth-order valence-electron chi connectivity index (χ4n) is 1.91. The van der Waals surface area contributed by atoms with E-state index in [1.165, 1.54) is 5.56 Å². The van der Waals surface area contributed by atoms with Crippen LogP contribution in [-0.4, -0.2) is 32.5 Å². The third-order valence-corrected chi connectivity index (χ3v) is 2.88. The Hall–Kier alpha value is -1.06. The molecule has 3 nitrogen and oxygen atoms in total. The van der Waals surface area contributed by atoms with Crippen molar-refractivity contribution in [2.75, 3.05) is 27.4 Å². The van der Waals surface area contributed by atoms with Gasteiger partial charge in [-0.2, -0.15) is 0 Å². The zero-order chi connectivity index (χ0) is 12.5. The molecule has 1 unspecified atom stereocenters. The minimum absolute atomic E-state index is 0.223. The molecule has 96 valence electrons. The number of aliphatic hydroxyl groups is 1. The zero-order valence-corrected chi connectivity index (χ0v) is 10.7. The van der Waals surface area contributed by atoms with E-state index in [0.29, 0.717) is 5.92 Å². The fraction of sp³-hybridized carbons (Fsp3) is 0.571. The Morgan fingerprint density at radius 2 is 2.12 bits per heavy atom. The Morgan fingerprint density at radius 3 is 2.76 bits per heavy atom. The number of hydrogen-bond acceptors (Lipinski definition) is 3. The zero-order valence-electron chi connectivity index (χ0n) is 10.7. The number of benzene rings is 1. The van der Waals surface area contributed by atoms with E-state index in [4.69, 9.17) is 9.47 Å². The summed E-state index contributed by atoms with van der Waals surface area (Å²) in [7, 11) is 3.37. The van der Waals surface area contributed by atoms with E-state index in [1.807, 2.05) is 18.2 Å². The molecule has 3 heteroatoms. The quantitative estimate of drug-likeness (QED) is 0.706. The van der Waals surface area contributed by atoms with Crippen LogP contribution in [0.5, 0.6) is 5.75 Å². The lowest BCUT2D eigenvalue weighted by Crippen LogP contribution is -2.10. The van der Waals surface area contributed by atoms with Crippen LogP contribution in [0.1, 0.15) is 18.4 Å². The maximum Gasteiger partial charge on any atom is 0.119 e. The van der Waals surface area contributed by atoms with Crippen LogP contribution in [-0.2, 0) is 11.2 Å². The van der Waals surface area contributed by atoms with Gasteiger partial charge in [-0.15, -0.1) is 0 Å². The van der Waals surface area contributed by atoms with Gasteiger partial charge in [0.15, 0.2) is 0 Å². The molecule has 0 fully saturated rings. The lowest BCUT2D eigenvalue weighted by atomic mass is 9.95. The Kier molecular flexibility index (Phi) is 6.67. The van der Waals surface area contributed by atoms with Crippen LogP contribution in [0, 0.1) is 5.92 Å². The molecule has 1 aromatic rings. The molecular formula is C14H22O3. The number of hydrogen-bond donors (Lipinski definition) is 1. The summed E-state index contributed by atoms with van der Waals surface area (Å²) < 4.78 is 10.2. The van der Waals surface area contributed by atoms with Crippen LogP contribution in [0.4, 0.5) is 0 Å². The molecule has 0 spiro atoms. The Balaban J connectivity index is 2.48. The SMILES string of the molecule is COCCCC(CO)Cc1cccc(OC)c1. The van der Waals surface area contributed by atoms with Crippen molar-refractivity contribution in [2.24, 2.45) is 5.92 Å². The maximum absolute atomic E-state index is 9.34. The van der Waals surface area contributed by atoms with Crippen LogP contribution in [0.2, 0.25) is 0 Å². The van der Waals surface area contributed by atoms with Gasteiger partial charge in [0.05, 0.1) is 7.11 Å². The Morgan fingerprint density at radius 1 is 1.29 bits per heavy atom. The lowest BCUT2D eigenvalue weighted by Gasteiger charge is -2.14. The summed E-state index contributed by atoms with van der Waals surface area (Å²) in [4.78, 5) is 0. The van der Waals surface area contributed by atoms with Crippen LogP contribution in [0.15, 0.2) is 24.3 Å². The van der Waals surface area contributed by atoms with E-state index in [0.717, 1.165) is 31.6 Å². The third kappa shape index (κ3) is 5.20. The van der Waals surface area contributed by atoms with Crippen molar-refractivity contribution >= 4 is 0 Å². The van der Waals surface area contributed by atoms with Crippen molar-refractivity contribution in [3.8, 4) is 5.75 Å². The lowest BCUT2D eigenvalue weighted by molar-refractivity contribution is 0.169. The smallest absolute Gasteiger partial charge is 0.119 e. The standard InChI is InChI=1S/C14H22O3/c1-16-8-4-6-13(11-15)9-12-5-3-7-14(10-12)17-2/h3,5,7,10,13,15H,4,6,8-9,11H2,1-2H3. The van der Waals surface area contributed by atoms with Gasteiger partial charge in [0, 0.05) is 20.3 Å². The number of ether oxygens (including phenoxy) is 2. The highest BCUT2D eigenvalue weighted by Gasteiger charge is 2.08. The predicted molar refractivity (Wildman–Crippen MR) is 68.4 cm³/mol. The van der Waals surface area contributed by atoms with E-state index < -0.39 is 0 Å². The van der Waals surface area contributed by atoms with Crippen molar-refractivity contribution in [3.05, 3.63) is 29.8 Å². The van der Waals surface area contributed by atoms with Gasteiger partial charge < -0.3 is 14.6 Å². The fourth-order valence-corrected chi connectivity index (χ4v) is 1.91. The van der Waals surface area contributed by atoms with E-state index in [1.54, 1.807) is 14.2 Å². The average molecular weight is 238 g/mol. The third-order valence-electron chi connectivity index (χ3n) is 2.88. The summed E-state index contributed by atoms with van der Waals surface area (Å²) in [6.07, 6.45) is 2.87. The largest absolute Gasteiger partial charge is 0.497 e. The van der Waals surface area contributed by atoms with Gasteiger partial charge in [-0.05, 0) is 42.9 Å². The first kappa shape index (κ1) is 14.0. The molecule has 0 saturated heterocycles. The Labute approximate surface area is 103 Å². The summed E-state index contributed by atoms with van der Waals surface area (Å²) in [6.45, 7) is 0.982. The first-order valence-electron chi connectivity index (χ1n) is 6.03. The van der Waals surface area contributed by atoms with E-state index >= 15 is 0 Å². The van der Waals surface area contributed by atoms with E-state index in [2.05, 4.69) is 6.07 Å². The molecular weight excluding hydrogens is 216 g/mol. The second-order valence-corrected chi connectivity index (χ2v) is 4.24. The van der Waals surface area contributed by atoms with Gasteiger partial charge in [0.25, 0.3) is 0 Å². The summed E-state index contributed by atoms with van der Waals surface area (Å²) in [5.41, 5.74) is 1.21. The van der Waals surface area contributed by atoms with Gasteiger partial charge >= 0.3 is 0 Å². The highest BCUT2D eigenvalue weighted by Crippen LogP contribution is 2.18. The summed E-state index contributed by atoms with van der Waals surface area (Å²) in [6, 6.07) is 8.01. The molecule has 0 aliphatic heterocycles. The van der Waals surface area contributed by atoms with Crippen molar-refractivity contribution < 1.29 is 14.6 Å². The average Bonchev–Trinajstić information content (AvgIpc) is 2.38. The molecule has 1 rings (SSSR count). The molecule has 0 heterocycles. The van der Waals surface area contributed by atoms with Gasteiger partial charge in [-0.1, -0.05) is 12.1 Å². The summed E-state index contributed by atoms with van der Waals surface area (Å²) in [5, 5.41) is 9.34. The second kappa shape index (κ2) is 8.09. The minimum Gasteiger partial charge on any atom is -0.497 e. The van der Waals surface area contributed by atoms with Crippen LogP contribution < -0.4 is 4.74 Å². The topological polar surface area (TPSA) is 38.7 Å². The molecule has 0 amide bonds. The highest BCUT2D eigenvalue weighted by atomic mass is 16.5. The molecule has 0 aromatic heterocycles. The number of rotatable bonds is 8. The molecule has 0 aliphatic carbocycles. The minimum atomic E-state index is 0.223. The first-order valence-corrected chi connectivity index (χ1v) is 6.03. The van der Waals surface area contributed by atoms with Crippen LogP contribution in [0.25, 0.3) is 0 Å². The Bertz CT molecular complexity index is 312. The first-order chi connectivity index (χ1) is 8.30.